The Bertz CT molecular complexity index is 1000. The zero-order chi connectivity index (χ0) is 16.7. The summed E-state index contributed by atoms with van der Waals surface area (Å²) in [5.41, 5.74) is 6.27. The molecule has 6 heteroatoms. The highest BCUT2D eigenvalue weighted by Gasteiger charge is 2.15. The van der Waals surface area contributed by atoms with Gasteiger partial charge in [0.15, 0.2) is 0 Å². The molecular weight excluding hydrogens is 415 g/mol. The molecule has 0 fully saturated rings. The number of pyridine rings is 2. The molecular formula is C18H15IN4O. The zero-order valence-corrected chi connectivity index (χ0v) is 15.5. The molecule has 4 rings (SSSR count). The van der Waals surface area contributed by atoms with E-state index in [0.717, 1.165) is 43.7 Å². The molecule has 0 aliphatic heterocycles. The van der Waals surface area contributed by atoms with Gasteiger partial charge in [-0.05, 0) is 60.2 Å². The van der Waals surface area contributed by atoms with Crippen LogP contribution in [0, 0.1) is 17.4 Å². The van der Waals surface area contributed by atoms with Crippen LogP contribution in [0.25, 0.3) is 22.2 Å². The molecule has 24 heavy (non-hydrogen) atoms. The lowest BCUT2D eigenvalue weighted by molar-refractivity contribution is 0.393. The summed E-state index contributed by atoms with van der Waals surface area (Å²) in [6.07, 6.45) is 7.67. The highest BCUT2D eigenvalue weighted by molar-refractivity contribution is 14.1. The van der Waals surface area contributed by atoms with E-state index in [4.69, 9.17) is 4.52 Å². The van der Waals surface area contributed by atoms with E-state index in [9.17, 15) is 0 Å². The van der Waals surface area contributed by atoms with E-state index in [-0.39, 0.29) is 0 Å². The Morgan fingerprint density at radius 2 is 2.00 bits per heavy atom. The van der Waals surface area contributed by atoms with Gasteiger partial charge in [-0.3, -0.25) is 9.97 Å². The summed E-state index contributed by atoms with van der Waals surface area (Å²) in [6.45, 7) is 4.67. The third-order valence-electron chi connectivity index (χ3n) is 4.10. The van der Waals surface area contributed by atoms with Gasteiger partial charge in [0.25, 0.3) is 0 Å². The molecule has 120 valence electrons. The molecule has 0 atom stereocenters. The van der Waals surface area contributed by atoms with Crippen LogP contribution in [0.15, 0.2) is 47.5 Å². The smallest absolute Gasteiger partial charge is 0.141 e. The number of aryl methyl sites for hydroxylation is 2. The van der Waals surface area contributed by atoms with Gasteiger partial charge in [0.2, 0.25) is 0 Å². The van der Waals surface area contributed by atoms with Gasteiger partial charge in [0.1, 0.15) is 11.3 Å². The third kappa shape index (κ3) is 2.60. The predicted octanol–water partition coefficient (Wildman–Crippen LogP) is 4.36. The Balaban J connectivity index is 1.85. The van der Waals surface area contributed by atoms with Crippen LogP contribution in [-0.2, 0) is 6.54 Å². The van der Waals surface area contributed by atoms with Gasteiger partial charge in [0.05, 0.1) is 14.8 Å². The van der Waals surface area contributed by atoms with Crippen molar-refractivity contribution in [3.05, 3.63) is 63.6 Å². The molecule has 0 N–H and O–H groups in total. The van der Waals surface area contributed by atoms with Gasteiger partial charge in [-0.2, -0.15) is 0 Å². The fourth-order valence-electron chi connectivity index (χ4n) is 2.97. The Morgan fingerprint density at radius 1 is 1.21 bits per heavy atom. The summed E-state index contributed by atoms with van der Waals surface area (Å²) in [6, 6.07) is 6.23. The van der Waals surface area contributed by atoms with Crippen molar-refractivity contribution in [1.82, 2.24) is 19.7 Å². The maximum Gasteiger partial charge on any atom is 0.141 e. The van der Waals surface area contributed by atoms with Crippen molar-refractivity contribution < 1.29 is 4.52 Å². The van der Waals surface area contributed by atoms with Gasteiger partial charge in [-0.15, -0.1) is 0 Å². The SMILES string of the molecule is Cc1noc(C)c1-c1cnc2c(I)cn(Cc3ccncc3)c2c1. The lowest BCUT2D eigenvalue weighted by Crippen LogP contribution is -1.98. The maximum atomic E-state index is 5.30. The fraction of sp³-hybridized carbons (Fsp3) is 0.167. The van der Waals surface area contributed by atoms with Crippen LogP contribution in [0.2, 0.25) is 0 Å². The van der Waals surface area contributed by atoms with Gasteiger partial charge >= 0.3 is 0 Å². The summed E-state index contributed by atoms with van der Waals surface area (Å²) in [7, 11) is 0. The first-order valence-corrected chi connectivity index (χ1v) is 8.68. The highest BCUT2D eigenvalue weighted by atomic mass is 127. The first-order valence-electron chi connectivity index (χ1n) is 7.60. The quantitative estimate of drug-likeness (QED) is 0.454. The van der Waals surface area contributed by atoms with E-state index in [2.05, 4.69) is 54.5 Å². The fourth-order valence-corrected chi connectivity index (χ4v) is 3.72. The van der Waals surface area contributed by atoms with Gasteiger partial charge in [-0.1, -0.05) is 5.16 Å². The summed E-state index contributed by atoms with van der Waals surface area (Å²) in [5, 5.41) is 4.05. The summed E-state index contributed by atoms with van der Waals surface area (Å²) >= 11 is 2.33. The molecule has 0 spiro atoms. The maximum absolute atomic E-state index is 5.30. The predicted molar refractivity (Wildman–Crippen MR) is 101 cm³/mol. The van der Waals surface area contributed by atoms with Crippen molar-refractivity contribution in [2.45, 2.75) is 20.4 Å². The molecule has 0 aliphatic rings. The summed E-state index contributed by atoms with van der Waals surface area (Å²) < 4.78 is 8.66. The van der Waals surface area contributed by atoms with Crippen LogP contribution in [0.5, 0.6) is 0 Å². The third-order valence-corrected chi connectivity index (χ3v) is 4.89. The monoisotopic (exact) mass is 430 g/mol. The second kappa shape index (κ2) is 6.01. The number of nitrogens with zero attached hydrogens (tertiary/aromatic N) is 4. The zero-order valence-electron chi connectivity index (χ0n) is 13.3. The molecule has 0 radical (unpaired) electrons. The molecule has 5 nitrogen and oxygen atoms in total. The minimum atomic E-state index is 0.786. The molecule has 0 saturated carbocycles. The van der Waals surface area contributed by atoms with E-state index in [0.29, 0.717) is 0 Å². The normalized spacial score (nSPS) is 11.3. The average Bonchev–Trinajstić information content (AvgIpc) is 3.08. The van der Waals surface area contributed by atoms with Crippen LogP contribution < -0.4 is 0 Å². The molecule has 0 amide bonds. The molecule has 4 heterocycles. The van der Waals surface area contributed by atoms with E-state index in [1.165, 1.54) is 5.56 Å². The number of aromatic nitrogens is 4. The van der Waals surface area contributed by atoms with E-state index in [1.54, 1.807) is 0 Å². The minimum absolute atomic E-state index is 0.786. The average molecular weight is 430 g/mol. The first kappa shape index (κ1) is 15.3. The lowest BCUT2D eigenvalue weighted by Gasteiger charge is -2.06. The van der Waals surface area contributed by atoms with Crippen LogP contribution in [0.1, 0.15) is 17.0 Å². The number of hydrogen-bond donors (Lipinski definition) is 0. The number of halogens is 1. The Labute approximate surface area is 152 Å². The van der Waals surface area contributed by atoms with Gasteiger partial charge < -0.3 is 9.09 Å². The summed E-state index contributed by atoms with van der Waals surface area (Å²) in [5.74, 6) is 0.815. The number of fused-ring (bicyclic) bond motifs is 1. The topological polar surface area (TPSA) is 56.7 Å². The highest BCUT2D eigenvalue weighted by Crippen LogP contribution is 2.30. The molecule has 4 aromatic rings. The molecule has 0 aliphatic carbocycles. The molecule has 0 bridgehead atoms. The molecule has 4 aromatic heterocycles. The van der Waals surface area contributed by atoms with Crippen molar-refractivity contribution in [2.75, 3.05) is 0 Å². The number of rotatable bonds is 3. The van der Waals surface area contributed by atoms with Crippen LogP contribution in [-0.4, -0.2) is 19.7 Å². The van der Waals surface area contributed by atoms with E-state index in [1.807, 2.05) is 44.6 Å². The summed E-state index contributed by atoms with van der Waals surface area (Å²) in [4.78, 5) is 8.75. The molecule has 0 aromatic carbocycles. The van der Waals surface area contributed by atoms with Crippen molar-refractivity contribution in [3.8, 4) is 11.1 Å². The van der Waals surface area contributed by atoms with E-state index >= 15 is 0 Å². The van der Waals surface area contributed by atoms with E-state index < -0.39 is 0 Å². The van der Waals surface area contributed by atoms with Crippen molar-refractivity contribution in [3.63, 3.8) is 0 Å². The molecule has 0 unspecified atom stereocenters. The standard InChI is InChI=1S/C18H15IN4O/c1-11-17(12(2)24-22-11)14-7-16-18(21-8-14)15(19)10-23(16)9-13-3-5-20-6-4-13/h3-8,10H,9H2,1-2H3. The lowest BCUT2D eigenvalue weighted by atomic mass is 10.1. The largest absolute Gasteiger partial charge is 0.361 e. The second-order valence-electron chi connectivity index (χ2n) is 5.75. The first-order chi connectivity index (χ1) is 11.6. The van der Waals surface area contributed by atoms with Crippen LogP contribution >= 0.6 is 22.6 Å². The Hall–Kier alpha value is -2.22. The van der Waals surface area contributed by atoms with Crippen molar-refractivity contribution in [2.24, 2.45) is 0 Å². The van der Waals surface area contributed by atoms with Gasteiger partial charge in [-0.25, -0.2) is 0 Å². The second-order valence-corrected chi connectivity index (χ2v) is 6.91. The van der Waals surface area contributed by atoms with Crippen LogP contribution in [0.3, 0.4) is 0 Å². The number of hydrogen-bond acceptors (Lipinski definition) is 4. The van der Waals surface area contributed by atoms with Crippen molar-refractivity contribution in [1.29, 1.82) is 0 Å². The minimum Gasteiger partial charge on any atom is -0.361 e. The van der Waals surface area contributed by atoms with Crippen LogP contribution in [0.4, 0.5) is 0 Å². The van der Waals surface area contributed by atoms with Gasteiger partial charge in [0, 0.05) is 42.5 Å². The Kier molecular flexibility index (Phi) is 3.84. The molecule has 0 saturated heterocycles. The van der Waals surface area contributed by atoms with Crippen molar-refractivity contribution >= 4 is 33.6 Å². The Morgan fingerprint density at radius 3 is 2.71 bits per heavy atom.